The molecule has 0 aliphatic heterocycles. The van der Waals surface area contributed by atoms with Crippen LogP contribution in [0.3, 0.4) is 0 Å². The molecular formula is C12H14ClN3O3. The minimum atomic E-state index is -1.03. The average Bonchev–Trinajstić information content (AvgIpc) is 2.88. The maximum absolute atomic E-state index is 12.3. The lowest BCUT2D eigenvalue weighted by Gasteiger charge is -2.26. The summed E-state index contributed by atoms with van der Waals surface area (Å²) in [4.78, 5) is 32.3. The Balaban J connectivity index is 2.21. The Morgan fingerprint density at radius 1 is 1.37 bits per heavy atom. The van der Waals surface area contributed by atoms with E-state index in [0.29, 0.717) is 0 Å². The number of halogens is 1. The average molecular weight is 284 g/mol. The number of hydrogen-bond acceptors (Lipinski definition) is 4. The highest BCUT2D eigenvalue weighted by molar-refractivity contribution is 6.29. The molecule has 0 unspecified atom stereocenters. The van der Waals surface area contributed by atoms with E-state index in [0.717, 1.165) is 25.7 Å². The molecule has 19 heavy (non-hydrogen) atoms. The number of carbonyl (C=O) groups excluding carboxylic acids is 1. The summed E-state index contributed by atoms with van der Waals surface area (Å²) >= 11 is 5.70. The standard InChI is InChI=1S/C12H14ClN3O3/c13-10-6-14-5-9(15-10)12(19)16(7-11(17)18)8-3-1-2-4-8/h5-6,8H,1-4,7H2,(H,17,18). The lowest BCUT2D eigenvalue weighted by Crippen LogP contribution is -2.42. The molecule has 1 fully saturated rings. The molecule has 1 aromatic rings. The Hall–Kier alpha value is -1.69. The van der Waals surface area contributed by atoms with Gasteiger partial charge in [-0.05, 0) is 12.8 Å². The van der Waals surface area contributed by atoms with Crippen LogP contribution in [-0.4, -0.2) is 44.4 Å². The predicted molar refractivity (Wildman–Crippen MR) is 68.0 cm³/mol. The lowest BCUT2D eigenvalue weighted by atomic mass is 10.2. The number of aromatic nitrogens is 2. The molecule has 6 nitrogen and oxygen atoms in total. The highest BCUT2D eigenvalue weighted by atomic mass is 35.5. The summed E-state index contributed by atoms with van der Waals surface area (Å²) in [5.41, 5.74) is 0.0839. The number of amides is 1. The molecule has 7 heteroatoms. The highest BCUT2D eigenvalue weighted by Gasteiger charge is 2.29. The van der Waals surface area contributed by atoms with E-state index in [-0.39, 0.29) is 23.4 Å². The Labute approximate surface area is 115 Å². The van der Waals surface area contributed by atoms with E-state index >= 15 is 0 Å². The summed E-state index contributed by atoms with van der Waals surface area (Å²) in [6, 6.07) is -0.0376. The fourth-order valence-corrected chi connectivity index (χ4v) is 2.47. The monoisotopic (exact) mass is 283 g/mol. The number of hydrogen-bond donors (Lipinski definition) is 1. The van der Waals surface area contributed by atoms with Gasteiger partial charge in [0.2, 0.25) is 0 Å². The minimum Gasteiger partial charge on any atom is -0.480 e. The maximum Gasteiger partial charge on any atom is 0.323 e. The van der Waals surface area contributed by atoms with Crippen LogP contribution < -0.4 is 0 Å². The van der Waals surface area contributed by atoms with Gasteiger partial charge in [0.1, 0.15) is 17.4 Å². The maximum atomic E-state index is 12.3. The summed E-state index contributed by atoms with van der Waals surface area (Å²) in [6.45, 7) is -0.322. The molecule has 1 aliphatic rings. The topological polar surface area (TPSA) is 83.4 Å². The van der Waals surface area contributed by atoms with Gasteiger partial charge < -0.3 is 10.0 Å². The van der Waals surface area contributed by atoms with E-state index in [2.05, 4.69) is 9.97 Å². The van der Waals surface area contributed by atoms with Crippen molar-refractivity contribution in [2.75, 3.05) is 6.54 Å². The van der Waals surface area contributed by atoms with Crippen molar-refractivity contribution in [3.05, 3.63) is 23.2 Å². The second kappa shape index (κ2) is 5.97. The van der Waals surface area contributed by atoms with E-state index < -0.39 is 11.9 Å². The highest BCUT2D eigenvalue weighted by Crippen LogP contribution is 2.24. The molecule has 1 amide bonds. The van der Waals surface area contributed by atoms with Gasteiger partial charge in [0.15, 0.2) is 0 Å². The molecule has 1 saturated carbocycles. The first-order valence-electron chi connectivity index (χ1n) is 6.08. The van der Waals surface area contributed by atoms with Crippen LogP contribution in [0.2, 0.25) is 5.15 Å². The van der Waals surface area contributed by atoms with E-state index in [1.807, 2.05) is 0 Å². The number of nitrogens with zero attached hydrogens (tertiary/aromatic N) is 3. The predicted octanol–water partition coefficient (Wildman–Crippen LogP) is 1.60. The first-order valence-corrected chi connectivity index (χ1v) is 6.46. The van der Waals surface area contributed by atoms with Crippen molar-refractivity contribution in [2.24, 2.45) is 0 Å². The van der Waals surface area contributed by atoms with Gasteiger partial charge >= 0.3 is 5.97 Å². The van der Waals surface area contributed by atoms with Crippen molar-refractivity contribution in [3.63, 3.8) is 0 Å². The zero-order valence-corrected chi connectivity index (χ0v) is 11.0. The van der Waals surface area contributed by atoms with Gasteiger partial charge in [0, 0.05) is 6.04 Å². The Morgan fingerprint density at radius 2 is 2.05 bits per heavy atom. The SMILES string of the molecule is O=C(O)CN(C(=O)c1cncc(Cl)n1)C1CCCC1. The molecule has 0 atom stereocenters. The van der Waals surface area contributed by atoms with Gasteiger partial charge in [0.25, 0.3) is 5.91 Å². The van der Waals surface area contributed by atoms with Gasteiger partial charge in [-0.1, -0.05) is 24.4 Å². The number of rotatable bonds is 4. The first kappa shape index (κ1) is 13.7. The van der Waals surface area contributed by atoms with Crippen LogP contribution in [-0.2, 0) is 4.79 Å². The fourth-order valence-electron chi connectivity index (χ4n) is 2.32. The van der Waals surface area contributed by atoms with Crippen LogP contribution in [0.4, 0.5) is 0 Å². The largest absolute Gasteiger partial charge is 0.480 e. The van der Waals surface area contributed by atoms with Gasteiger partial charge in [-0.15, -0.1) is 0 Å². The zero-order chi connectivity index (χ0) is 13.8. The van der Waals surface area contributed by atoms with E-state index in [9.17, 15) is 9.59 Å². The number of carboxylic acids is 1. The van der Waals surface area contributed by atoms with Crippen LogP contribution >= 0.6 is 11.6 Å². The fraction of sp³-hybridized carbons (Fsp3) is 0.500. The molecule has 1 aliphatic carbocycles. The molecule has 1 aromatic heterocycles. The number of carbonyl (C=O) groups is 2. The molecule has 0 bridgehead atoms. The third-order valence-electron chi connectivity index (χ3n) is 3.16. The van der Waals surface area contributed by atoms with Crippen molar-refractivity contribution in [3.8, 4) is 0 Å². The molecule has 102 valence electrons. The van der Waals surface area contributed by atoms with Crippen molar-refractivity contribution >= 4 is 23.5 Å². The van der Waals surface area contributed by atoms with Gasteiger partial charge in [0.05, 0.1) is 12.4 Å². The summed E-state index contributed by atoms with van der Waals surface area (Å²) in [5, 5.41) is 9.06. The second-order valence-electron chi connectivity index (χ2n) is 4.49. The zero-order valence-electron chi connectivity index (χ0n) is 10.3. The summed E-state index contributed by atoms with van der Waals surface area (Å²) in [6.07, 6.45) is 6.30. The van der Waals surface area contributed by atoms with Crippen molar-refractivity contribution in [1.82, 2.24) is 14.9 Å². The van der Waals surface area contributed by atoms with Crippen molar-refractivity contribution in [1.29, 1.82) is 0 Å². The molecule has 0 saturated heterocycles. The Bertz CT molecular complexity index is 489. The van der Waals surface area contributed by atoms with E-state index in [4.69, 9.17) is 16.7 Å². The molecule has 0 aromatic carbocycles. The molecule has 2 rings (SSSR count). The minimum absolute atomic E-state index is 0.0376. The van der Waals surface area contributed by atoms with Crippen LogP contribution in [0.1, 0.15) is 36.2 Å². The molecule has 1 N–H and O–H groups in total. The molecule has 0 radical (unpaired) electrons. The summed E-state index contributed by atoms with van der Waals surface area (Å²) in [7, 11) is 0. The lowest BCUT2D eigenvalue weighted by molar-refractivity contribution is -0.138. The number of aliphatic carboxylic acids is 1. The second-order valence-corrected chi connectivity index (χ2v) is 4.88. The summed E-state index contributed by atoms with van der Waals surface area (Å²) in [5.74, 6) is -1.46. The van der Waals surface area contributed by atoms with Gasteiger partial charge in [-0.25, -0.2) is 4.98 Å². The van der Waals surface area contributed by atoms with Crippen LogP contribution in [0.25, 0.3) is 0 Å². The normalized spacial score (nSPS) is 15.4. The Kier molecular flexibility index (Phi) is 4.31. The third-order valence-corrected chi connectivity index (χ3v) is 3.34. The van der Waals surface area contributed by atoms with Crippen LogP contribution in [0.5, 0.6) is 0 Å². The molecule has 1 heterocycles. The molecular weight excluding hydrogens is 270 g/mol. The summed E-state index contributed by atoms with van der Waals surface area (Å²) < 4.78 is 0. The smallest absolute Gasteiger partial charge is 0.323 e. The van der Waals surface area contributed by atoms with Crippen LogP contribution in [0, 0.1) is 0 Å². The number of carboxylic acid groups (broad SMARTS) is 1. The van der Waals surface area contributed by atoms with E-state index in [1.165, 1.54) is 17.3 Å². The first-order chi connectivity index (χ1) is 9.08. The molecule has 0 spiro atoms. The third kappa shape index (κ3) is 3.41. The van der Waals surface area contributed by atoms with Crippen molar-refractivity contribution in [2.45, 2.75) is 31.7 Å². The Morgan fingerprint density at radius 3 is 2.63 bits per heavy atom. The van der Waals surface area contributed by atoms with Gasteiger partial charge in [-0.2, -0.15) is 0 Å². The van der Waals surface area contributed by atoms with E-state index in [1.54, 1.807) is 0 Å². The van der Waals surface area contributed by atoms with Crippen molar-refractivity contribution < 1.29 is 14.7 Å². The van der Waals surface area contributed by atoms with Gasteiger partial charge in [-0.3, -0.25) is 14.6 Å². The van der Waals surface area contributed by atoms with Crippen LogP contribution in [0.15, 0.2) is 12.4 Å². The quantitative estimate of drug-likeness (QED) is 0.907.